The molecular weight excluding hydrogens is 268 g/mol. The predicted molar refractivity (Wildman–Crippen MR) is 81.1 cm³/mol. The fraction of sp³-hybridized carbons (Fsp3) is 0.875. The summed E-state index contributed by atoms with van der Waals surface area (Å²) < 4.78 is 0. The van der Waals surface area contributed by atoms with Gasteiger partial charge in [-0.3, -0.25) is 14.5 Å². The Bertz CT molecular complexity index is 378. The maximum Gasteiger partial charge on any atom is 0.324 e. The van der Waals surface area contributed by atoms with Gasteiger partial charge in [0.05, 0.1) is 6.54 Å². The number of hydrogen-bond donors (Lipinski definition) is 1. The third kappa shape index (κ3) is 3.57. The Hall–Kier alpha value is -1.10. The Morgan fingerprint density at radius 3 is 2.19 bits per heavy atom. The van der Waals surface area contributed by atoms with E-state index >= 15 is 0 Å². The minimum absolute atomic E-state index is 0.109. The molecule has 0 bridgehead atoms. The molecule has 2 aliphatic rings. The molecule has 1 atom stereocenters. The van der Waals surface area contributed by atoms with Crippen LogP contribution in [0.25, 0.3) is 0 Å². The normalized spacial score (nSPS) is 28.1. The van der Waals surface area contributed by atoms with Crippen LogP contribution >= 0.6 is 0 Å². The van der Waals surface area contributed by atoms with E-state index in [2.05, 4.69) is 0 Å². The number of carbonyl (C=O) groups is 2. The van der Waals surface area contributed by atoms with Gasteiger partial charge in [0, 0.05) is 13.1 Å². The van der Waals surface area contributed by atoms with Gasteiger partial charge < -0.3 is 10.0 Å². The highest BCUT2D eigenvalue weighted by atomic mass is 16.4. The number of carbonyl (C=O) groups excluding carboxylic acids is 1. The number of carboxylic acid groups (broad SMARTS) is 1. The van der Waals surface area contributed by atoms with Crippen LogP contribution in [0.5, 0.6) is 0 Å². The average molecular weight is 296 g/mol. The fourth-order valence-electron chi connectivity index (χ4n) is 3.72. The lowest BCUT2D eigenvalue weighted by atomic mass is 9.93. The summed E-state index contributed by atoms with van der Waals surface area (Å²) in [5, 5.41) is 9.57. The molecule has 2 fully saturated rings. The highest BCUT2D eigenvalue weighted by Gasteiger charge is 2.46. The van der Waals surface area contributed by atoms with Crippen molar-refractivity contribution in [1.29, 1.82) is 0 Å². The summed E-state index contributed by atoms with van der Waals surface area (Å²) in [6.45, 7) is 4.56. The van der Waals surface area contributed by atoms with Crippen LogP contribution in [0.2, 0.25) is 0 Å². The highest BCUT2D eigenvalue weighted by molar-refractivity contribution is 5.82. The second-order valence-electron chi connectivity index (χ2n) is 6.36. The molecule has 0 aromatic heterocycles. The van der Waals surface area contributed by atoms with E-state index in [-0.39, 0.29) is 12.5 Å². The van der Waals surface area contributed by atoms with Gasteiger partial charge in [0.2, 0.25) is 5.91 Å². The Kier molecular flexibility index (Phi) is 5.62. The molecule has 1 unspecified atom stereocenters. The van der Waals surface area contributed by atoms with Crippen LogP contribution < -0.4 is 0 Å². The first-order chi connectivity index (χ1) is 10.1. The van der Waals surface area contributed by atoms with Crippen molar-refractivity contribution in [3.8, 4) is 0 Å². The zero-order valence-electron chi connectivity index (χ0n) is 13.1. The van der Waals surface area contributed by atoms with Crippen LogP contribution in [0.3, 0.4) is 0 Å². The van der Waals surface area contributed by atoms with Gasteiger partial charge in [0.1, 0.15) is 5.54 Å². The number of amides is 1. The first-order valence-corrected chi connectivity index (χ1v) is 8.36. The van der Waals surface area contributed by atoms with E-state index in [0.717, 1.165) is 38.9 Å². The van der Waals surface area contributed by atoms with E-state index < -0.39 is 11.5 Å². The van der Waals surface area contributed by atoms with Gasteiger partial charge in [-0.25, -0.2) is 0 Å². The molecule has 120 valence electrons. The van der Waals surface area contributed by atoms with Gasteiger partial charge in [-0.15, -0.1) is 0 Å². The minimum Gasteiger partial charge on any atom is -0.480 e. The number of carboxylic acids is 1. The van der Waals surface area contributed by atoms with Crippen LogP contribution in [0.15, 0.2) is 0 Å². The van der Waals surface area contributed by atoms with Crippen molar-refractivity contribution in [1.82, 2.24) is 9.80 Å². The summed E-state index contributed by atoms with van der Waals surface area (Å²) in [6.07, 6.45) is 7.90. The molecule has 2 heterocycles. The van der Waals surface area contributed by atoms with Gasteiger partial charge in [-0.2, -0.15) is 0 Å². The fourth-order valence-corrected chi connectivity index (χ4v) is 3.72. The van der Waals surface area contributed by atoms with Crippen molar-refractivity contribution in [2.75, 3.05) is 26.2 Å². The van der Waals surface area contributed by atoms with Crippen molar-refractivity contribution in [3.63, 3.8) is 0 Å². The van der Waals surface area contributed by atoms with Gasteiger partial charge >= 0.3 is 5.97 Å². The number of aliphatic carboxylic acids is 1. The SMILES string of the molecule is CCC1(C(=O)O)CCCN1CC(=O)N1CCCCCCC1. The highest BCUT2D eigenvalue weighted by Crippen LogP contribution is 2.32. The lowest BCUT2D eigenvalue weighted by Gasteiger charge is -2.35. The summed E-state index contributed by atoms with van der Waals surface area (Å²) in [4.78, 5) is 28.0. The smallest absolute Gasteiger partial charge is 0.324 e. The first kappa shape index (κ1) is 16.3. The molecule has 0 aromatic rings. The number of rotatable bonds is 4. The molecule has 1 N–H and O–H groups in total. The topological polar surface area (TPSA) is 60.9 Å². The molecule has 0 radical (unpaired) electrons. The van der Waals surface area contributed by atoms with E-state index in [0.29, 0.717) is 12.8 Å². The number of nitrogens with zero attached hydrogens (tertiary/aromatic N) is 2. The van der Waals surface area contributed by atoms with E-state index in [1.165, 1.54) is 19.3 Å². The molecule has 2 aliphatic heterocycles. The van der Waals surface area contributed by atoms with Crippen molar-refractivity contribution in [2.24, 2.45) is 0 Å². The van der Waals surface area contributed by atoms with Crippen LogP contribution in [-0.4, -0.2) is 58.5 Å². The summed E-state index contributed by atoms with van der Waals surface area (Å²) in [6, 6.07) is 0. The quantitative estimate of drug-likeness (QED) is 0.863. The summed E-state index contributed by atoms with van der Waals surface area (Å²) in [5.41, 5.74) is -0.821. The van der Waals surface area contributed by atoms with E-state index in [1.54, 1.807) is 0 Å². The van der Waals surface area contributed by atoms with E-state index in [4.69, 9.17) is 0 Å². The van der Waals surface area contributed by atoms with Gasteiger partial charge in [0.25, 0.3) is 0 Å². The molecule has 0 aromatic carbocycles. The molecule has 0 saturated carbocycles. The molecule has 21 heavy (non-hydrogen) atoms. The maximum atomic E-state index is 12.5. The molecule has 2 rings (SSSR count). The van der Waals surface area contributed by atoms with Crippen molar-refractivity contribution >= 4 is 11.9 Å². The average Bonchev–Trinajstić information content (AvgIpc) is 2.82. The summed E-state index contributed by atoms with van der Waals surface area (Å²) in [5.74, 6) is -0.666. The number of likely N-dealkylation sites (tertiary alicyclic amines) is 2. The molecule has 2 saturated heterocycles. The van der Waals surface area contributed by atoms with Gasteiger partial charge in [-0.1, -0.05) is 26.2 Å². The van der Waals surface area contributed by atoms with Gasteiger partial charge in [0.15, 0.2) is 0 Å². The Morgan fingerprint density at radius 2 is 1.62 bits per heavy atom. The first-order valence-electron chi connectivity index (χ1n) is 8.36. The zero-order chi connectivity index (χ0) is 15.3. The predicted octanol–water partition coefficient (Wildman–Crippen LogP) is 2.11. The van der Waals surface area contributed by atoms with Crippen molar-refractivity contribution in [2.45, 2.75) is 63.8 Å². The van der Waals surface area contributed by atoms with Crippen LogP contribution in [-0.2, 0) is 9.59 Å². The largest absolute Gasteiger partial charge is 0.480 e. The van der Waals surface area contributed by atoms with Crippen LogP contribution in [0.4, 0.5) is 0 Å². The molecule has 0 aliphatic carbocycles. The lowest BCUT2D eigenvalue weighted by Crippen LogP contribution is -2.53. The molecule has 1 amide bonds. The molecular formula is C16H28N2O3. The second kappa shape index (κ2) is 7.25. The molecule has 5 heteroatoms. The summed E-state index contributed by atoms with van der Waals surface area (Å²) in [7, 11) is 0. The third-order valence-electron chi connectivity index (χ3n) is 5.14. The Labute approximate surface area is 127 Å². The maximum absolute atomic E-state index is 12.5. The summed E-state index contributed by atoms with van der Waals surface area (Å²) >= 11 is 0. The van der Waals surface area contributed by atoms with E-state index in [9.17, 15) is 14.7 Å². The second-order valence-corrected chi connectivity index (χ2v) is 6.36. The Balaban J connectivity index is 1.98. The van der Waals surface area contributed by atoms with Crippen molar-refractivity contribution in [3.05, 3.63) is 0 Å². The lowest BCUT2D eigenvalue weighted by molar-refractivity contribution is -0.151. The van der Waals surface area contributed by atoms with Crippen molar-refractivity contribution < 1.29 is 14.7 Å². The van der Waals surface area contributed by atoms with Gasteiger partial charge in [-0.05, 0) is 38.6 Å². The van der Waals surface area contributed by atoms with Crippen LogP contribution in [0.1, 0.15) is 58.3 Å². The number of hydrogen-bond acceptors (Lipinski definition) is 3. The van der Waals surface area contributed by atoms with Crippen LogP contribution in [0, 0.1) is 0 Å². The molecule has 5 nitrogen and oxygen atoms in total. The Morgan fingerprint density at radius 1 is 1.00 bits per heavy atom. The van der Waals surface area contributed by atoms with E-state index in [1.807, 2.05) is 16.7 Å². The minimum atomic E-state index is -0.821. The third-order valence-corrected chi connectivity index (χ3v) is 5.14. The zero-order valence-corrected chi connectivity index (χ0v) is 13.1. The monoisotopic (exact) mass is 296 g/mol. The standard InChI is InChI=1S/C16H28N2O3/c1-2-16(15(20)21)9-8-12-18(16)13-14(19)17-10-6-4-3-5-7-11-17/h2-13H2,1H3,(H,20,21). The molecule has 0 spiro atoms.